The van der Waals surface area contributed by atoms with E-state index in [0.717, 1.165) is 16.7 Å². The van der Waals surface area contributed by atoms with Crippen molar-refractivity contribution in [2.45, 2.75) is 39.2 Å². The second-order valence-electron chi connectivity index (χ2n) is 8.94. The lowest BCUT2D eigenvalue weighted by Gasteiger charge is -2.23. The number of furan rings is 1. The number of carboxylic acid groups (broad SMARTS) is 1. The highest BCUT2D eigenvalue weighted by Crippen LogP contribution is 2.27. The van der Waals surface area contributed by atoms with E-state index in [9.17, 15) is 9.59 Å². The van der Waals surface area contributed by atoms with Gasteiger partial charge in [0.05, 0.1) is 12.2 Å². The van der Waals surface area contributed by atoms with Crippen LogP contribution < -0.4 is 10.1 Å². The number of nitrogens with one attached hydrogen (secondary N) is 1. The van der Waals surface area contributed by atoms with E-state index in [0.29, 0.717) is 35.9 Å². The highest BCUT2D eigenvalue weighted by atomic mass is 16.5. The van der Waals surface area contributed by atoms with E-state index >= 15 is 0 Å². The highest BCUT2D eigenvalue weighted by Gasteiger charge is 2.16. The van der Waals surface area contributed by atoms with Crippen molar-refractivity contribution in [2.24, 2.45) is 5.92 Å². The first kappa shape index (κ1) is 24.9. The third kappa shape index (κ3) is 6.47. The van der Waals surface area contributed by atoms with Gasteiger partial charge < -0.3 is 19.6 Å². The summed E-state index contributed by atoms with van der Waals surface area (Å²) in [5, 5.41) is 13.1. The lowest BCUT2D eigenvalue weighted by molar-refractivity contribution is -0.137. The van der Waals surface area contributed by atoms with Crippen molar-refractivity contribution in [3.63, 3.8) is 0 Å². The third-order valence-electron chi connectivity index (χ3n) is 5.86. The highest BCUT2D eigenvalue weighted by molar-refractivity contribution is 5.96. The number of Topliss-reactive ketones (excluding diaryl/α,β-unsaturated/α-hetero) is 1. The SMILES string of the molecule is CC(C)[C@@H](COc1ccc(-c2cc3ccccc3o2)nc1)Nc1ccc(C(=O)CCCC(=O)O)cn1. The van der Waals surface area contributed by atoms with Crippen LogP contribution in [-0.2, 0) is 4.79 Å². The summed E-state index contributed by atoms with van der Waals surface area (Å²) >= 11 is 0. The molecule has 0 saturated carbocycles. The minimum Gasteiger partial charge on any atom is -0.490 e. The fraction of sp³-hybridized carbons (Fsp3) is 0.286. The van der Waals surface area contributed by atoms with Crippen LogP contribution in [0.2, 0.25) is 0 Å². The van der Waals surface area contributed by atoms with Gasteiger partial charge in [-0.05, 0) is 48.7 Å². The summed E-state index contributed by atoms with van der Waals surface area (Å²) in [6, 6.07) is 17.0. The average Bonchev–Trinajstić information content (AvgIpc) is 3.31. The quantitative estimate of drug-likeness (QED) is 0.239. The summed E-state index contributed by atoms with van der Waals surface area (Å²) < 4.78 is 11.9. The van der Waals surface area contributed by atoms with Crippen molar-refractivity contribution >= 4 is 28.5 Å². The van der Waals surface area contributed by atoms with E-state index in [2.05, 4.69) is 29.1 Å². The van der Waals surface area contributed by atoms with Crippen molar-refractivity contribution in [3.05, 3.63) is 72.6 Å². The topological polar surface area (TPSA) is 115 Å². The number of benzene rings is 1. The van der Waals surface area contributed by atoms with Crippen LogP contribution in [0.3, 0.4) is 0 Å². The van der Waals surface area contributed by atoms with E-state index < -0.39 is 5.97 Å². The molecule has 8 nitrogen and oxygen atoms in total. The fourth-order valence-corrected chi connectivity index (χ4v) is 3.68. The van der Waals surface area contributed by atoms with Crippen molar-refractivity contribution in [2.75, 3.05) is 11.9 Å². The van der Waals surface area contributed by atoms with Crippen molar-refractivity contribution in [3.8, 4) is 17.2 Å². The molecule has 3 aromatic heterocycles. The molecular weight excluding hydrogens is 458 g/mol. The first-order valence-corrected chi connectivity index (χ1v) is 11.9. The molecule has 0 unspecified atom stereocenters. The molecule has 0 aliphatic rings. The monoisotopic (exact) mass is 487 g/mol. The Morgan fingerprint density at radius 1 is 1.03 bits per heavy atom. The zero-order valence-electron chi connectivity index (χ0n) is 20.3. The predicted molar refractivity (Wildman–Crippen MR) is 137 cm³/mol. The molecule has 0 spiro atoms. The number of carbonyl (C=O) groups is 2. The summed E-state index contributed by atoms with van der Waals surface area (Å²) in [5.74, 6) is 1.24. The number of fused-ring (bicyclic) bond motifs is 1. The lowest BCUT2D eigenvalue weighted by atomic mass is 10.1. The number of nitrogens with zero attached hydrogens (tertiary/aromatic N) is 2. The Hall–Kier alpha value is -4.20. The van der Waals surface area contributed by atoms with E-state index in [1.54, 1.807) is 18.3 Å². The second-order valence-corrected chi connectivity index (χ2v) is 8.94. The number of ether oxygens (including phenoxy) is 1. The van der Waals surface area contributed by atoms with Gasteiger partial charge in [0.1, 0.15) is 29.5 Å². The molecule has 2 N–H and O–H groups in total. The van der Waals surface area contributed by atoms with Crippen LogP contribution >= 0.6 is 0 Å². The molecule has 0 amide bonds. The third-order valence-corrected chi connectivity index (χ3v) is 5.86. The van der Waals surface area contributed by atoms with Crippen molar-refractivity contribution in [1.29, 1.82) is 0 Å². The Bertz CT molecular complexity index is 1280. The average molecular weight is 488 g/mol. The first-order valence-electron chi connectivity index (χ1n) is 11.9. The lowest BCUT2D eigenvalue weighted by Crippen LogP contribution is -2.32. The zero-order chi connectivity index (χ0) is 25.5. The number of ketones is 1. The Labute approximate surface area is 209 Å². The number of para-hydroxylation sites is 1. The Balaban J connectivity index is 1.32. The van der Waals surface area contributed by atoms with E-state index in [4.69, 9.17) is 14.3 Å². The molecule has 8 heteroatoms. The van der Waals surface area contributed by atoms with Crippen molar-refractivity contribution in [1.82, 2.24) is 9.97 Å². The molecule has 0 aliphatic heterocycles. The molecule has 3 heterocycles. The molecule has 1 atom stereocenters. The Morgan fingerprint density at radius 2 is 1.86 bits per heavy atom. The first-order chi connectivity index (χ1) is 17.4. The zero-order valence-corrected chi connectivity index (χ0v) is 20.3. The summed E-state index contributed by atoms with van der Waals surface area (Å²) in [5.41, 5.74) is 2.03. The normalized spacial score (nSPS) is 12.0. The smallest absolute Gasteiger partial charge is 0.303 e. The molecule has 36 heavy (non-hydrogen) atoms. The molecule has 186 valence electrons. The van der Waals surface area contributed by atoms with Gasteiger partial charge in [0, 0.05) is 30.0 Å². The molecule has 0 fully saturated rings. The van der Waals surface area contributed by atoms with E-state index in [-0.39, 0.29) is 30.6 Å². The molecule has 0 aliphatic carbocycles. The summed E-state index contributed by atoms with van der Waals surface area (Å²) in [6.45, 7) is 4.58. The Morgan fingerprint density at radius 3 is 2.53 bits per heavy atom. The van der Waals surface area contributed by atoms with Gasteiger partial charge in [-0.3, -0.25) is 9.59 Å². The Kier molecular flexibility index (Phi) is 7.95. The largest absolute Gasteiger partial charge is 0.490 e. The molecule has 4 rings (SSSR count). The number of rotatable bonds is 12. The van der Waals surface area contributed by atoms with Gasteiger partial charge in [0.2, 0.25) is 0 Å². The van der Waals surface area contributed by atoms with Gasteiger partial charge in [-0.2, -0.15) is 0 Å². The number of carbonyl (C=O) groups excluding carboxylic acids is 1. The number of carboxylic acids is 1. The van der Waals surface area contributed by atoms with Crippen LogP contribution in [0, 0.1) is 5.92 Å². The molecule has 0 radical (unpaired) electrons. The maximum Gasteiger partial charge on any atom is 0.303 e. The van der Waals surface area contributed by atoms with Crippen molar-refractivity contribution < 1.29 is 23.8 Å². The van der Waals surface area contributed by atoms with Gasteiger partial charge >= 0.3 is 5.97 Å². The molecule has 4 aromatic rings. The molecule has 1 aromatic carbocycles. The maximum absolute atomic E-state index is 12.2. The summed E-state index contributed by atoms with van der Waals surface area (Å²) in [7, 11) is 0. The van der Waals surface area contributed by atoms with Gasteiger partial charge in [0.25, 0.3) is 0 Å². The maximum atomic E-state index is 12.2. The van der Waals surface area contributed by atoms with Crippen LogP contribution in [-0.4, -0.2) is 39.5 Å². The minimum atomic E-state index is -0.902. The van der Waals surface area contributed by atoms with Crippen LogP contribution in [0.1, 0.15) is 43.5 Å². The van der Waals surface area contributed by atoms with Gasteiger partial charge in [0.15, 0.2) is 11.5 Å². The van der Waals surface area contributed by atoms with Crippen LogP contribution in [0.5, 0.6) is 5.75 Å². The number of hydrogen-bond acceptors (Lipinski definition) is 7. The number of aliphatic carboxylic acids is 1. The summed E-state index contributed by atoms with van der Waals surface area (Å²) in [6.07, 6.45) is 3.68. The van der Waals surface area contributed by atoms with E-state index in [1.807, 2.05) is 42.5 Å². The van der Waals surface area contributed by atoms with Gasteiger partial charge in [-0.15, -0.1) is 0 Å². The summed E-state index contributed by atoms with van der Waals surface area (Å²) in [4.78, 5) is 31.7. The number of aromatic nitrogens is 2. The van der Waals surface area contributed by atoms with Gasteiger partial charge in [-0.25, -0.2) is 9.97 Å². The number of hydrogen-bond donors (Lipinski definition) is 2. The number of pyridine rings is 2. The van der Waals surface area contributed by atoms with Crippen LogP contribution in [0.4, 0.5) is 5.82 Å². The molecular formula is C28H29N3O5. The number of anilines is 1. The fourth-order valence-electron chi connectivity index (χ4n) is 3.68. The molecule has 0 bridgehead atoms. The standard InChI is InChI=1S/C28H29N3O5/c1-18(2)23(31-27-13-10-20(15-30-27)24(32)7-5-9-28(33)34)17-35-21-11-12-22(29-16-21)26-14-19-6-3-4-8-25(19)36-26/h3-4,6,8,10-16,18,23H,5,7,9,17H2,1-2H3,(H,30,31)(H,33,34)/t23-/m1/s1. The predicted octanol–water partition coefficient (Wildman–Crippen LogP) is 5.84. The van der Waals surface area contributed by atoms with E-state index in [1.165, 1.54) is 6.20 Å². The minimum absolute atomic E-state index is 0.0208. The second kappa shape index (κ2) is 11.5. The molecule has 0 saturated heterocycles. The van der Waals surface area contributed by atoms with Crippen LogP contribution in [0.15, 0.2) is 71.4 Å². The van der Waals surface area contributed by atoms with Crippen LogP contribution in [0.25, 0.3) is 22.4 Å². The van der Waals surface area contributed by atoms with Gasteiger partial charge in [-0.1, -0.05) is 32.0 Å².